The normalized spacial score (nSPS) is 16.4. The van der Waals surface area contributed by atoms with Gasteiger partial charge in [-0.25, -0.2) is 0 Å². The van der Waals surface area contributed by atoms with E-state index in [1.165, 1.54) is 32.1 Å². The van der Waals surface area contributed by atoms with Gasteiger partial charge < -0.3 is 16.0 Å². The van der Waals surface area contributed by atoms with E-state index in [0.29, 0.717) is 13.0 Å². The second kappa shape index (κ2) is 14.8. The van der Waals surface area contributed by atoms with Crippen LogP contribution in [0.3, 0.4) is 0 Å². The fourth-order valence-corrected chi connectivity index (χ4v) is 2.96. The highest BCUT2D eigenvalue weighted by atomic mass is 127. The molecule has 0 saturated heterocycles. The van der Waals surface area contributed by atoms with Crippen molar-refractivity contribution in [2.24, 2.45) is 10.9 Å². The average Bonchev–Trinajstić information content (AvgIpc) is 3.04. The number of rotatable bonds is 10. The van der Waals surface area contributed by atoms with Crippen molar-refractivity contribution in [2.75, 3.05) is 19.6 Å². The number of nitrogens with zero attached hydrogens (tertiary/aromatic N) is 1. The molecule has 0 spiro atoms. The van der Waals surface area contributed by atoms with Crippen molar-refractivity contribution in [3.8, 4) is 0 Å². The van der Waals surface area contributed by atoms with Crippen LogP contribution in [0.5, 0.6) is 0 Å². The average molecular weight is 452 g/mol. The molecule has 0 aromatic heterocycles. The van der Waals surface area contributed by atoms with E-state index in [0.717, 1.165) is 37.8 Å². The largest absolute Gasteiger partial charge is 0.357 e. The van der Waals surface area contributed by atoms with E-state index in [4.69, 9.17) is 0 Å². The zero-order valence-electron chi connectivity index (χ0n) is 15.7. The molecule has 5 nitrogen and oxygen atoms in total. The fourth-order valence-electron chi connectivity index (χ4n) is 2.96. The topological polar surface area (TPSA) is 65.5 Å². The Bertz CT molecular complexity index is 357. The van der Waals surface area contributed by atoms with Gasteiger partial charge in [0.2, 0.25) is 5.91 Å². The summed E-state index contributed by atoms with van der Waals surface area (Å²) in [5.41, 5.74) is 0. The number of carbonyl (C=O) groups is 1. The summed E-state index contributed by atoms with van der Waals surface area (Å²) >= 11 is 0. The van der Waals surface area contributed by atoms with Crippen LogP contribution in [0.15, 0.2) is 4.99 Å². The smallest absolute Gasteiger partial charge is 0.221 e. The molecule has 0 bridgehead atoms. The van der Waals surface area contributed by atoms with Crippen molar-refractivity contribution in [3.05, 3.63) is 0 Å². The molecule has 1 aliphatic carbocycles. The minimum Gasteiger partial charge on any atom is -0.357 e. The molecule has 1 amide bonds. The Morgan fingerprint density at radius 3 is 2.54 bits per heavy atom. The maximum absolute atomic E-state index is 11.7. The molecule has 0 aliphatic heterocycles. The van der Waals surface area contributed by atoms with Crippen LogP contribution in [0.2, 0.25) is 0 Å². The van der Waals surface area contributed by atoms with Crippen LogP contribution in [0.4, 0.5) is 0 Å². The van der Waals surface area contributed by atoms with E-state index < -0.39 is 0 Å². The summed E-state index contributed by atoms with van der Waals surface area (Å²) in [6.07, 6.45) is 9.56. The lowest BCUT2D eigenvalue weighted by molar-refractivity contribution is -0.121. The highest BCUT2D eigenvalue weighted by molar-refractivity contribution is 14.0. The van der Waals surface area contributed by atoms with Crippen molar-refractivity contribution in [3.63, 3.8) is 0 Å². The molecule has 0 aromatic carbocycles. The summed E-state index contributed by atoms with van der Waals surface area (Å²) in [6, 6.07) is 0.250. The Labute approximate surface area is 165 Å². The van der Waals surface area contributed by atoms with Crippen molar-refractivity contribution >= 4 is 35.8 Å². The number of carbonyl (C=O) groups excluding carboxylic acids is 1. The Balaban J connectivity index is 0.00000529. The summed E-state index contributed by atoms with van der Waals surface area (Å²) in [6.45, 7) is 8.49. The lowest BCUT2D eigenvalue weighted by atomic mass is 10.0. The summed E-state index contributed by atoms with van der Waals surface area (Å²) in [7, 11) is 0. The molecule has 24 heavy (non-hydrogen) atoms. The van der Waals surface area contributed by atoms with Gasteiger partial charge in [0.15, 0.2) is 5.96 Å². The first-order valence-corrected chi connectivity index (χ1v) is 9.47. The minimum absolute atomic E-state index is 0. The monoisotopic (exact) mass is 452 g/mol. The van der Waals surface area contributed by atoms with Crippen molar-refractivity contribution < 1.29 is 4.79 Å². The molecule has 1 saturated carbocycles. The van der Waals surface area contributed by atoms with Crippen molar-refractivity contribution in [2.45, 2.75) is 78.2 Å². The number of halogens is 1. The first-order chi connectivity index (χ1) is 11.2. The predicted octanol–water partition coefficient (Wildman–Crippen LogP) is 3.43. The molecule has 6 heteroatoms. The molecule has 1 atom stereocenters. The number of guanidine groups is 1. The maximum Gasteiger partial charge on any atom is 0.221 e. The van der Waals surface area contributed by atoms with E-state index in [9.17, 15) is 4.79 Å². The Morgan fingerprint density at radius 2 is 1.92 bits per heavy atom. The summed E-state index contributed by atoms with van der Waals surface area (Å²) in [5, 5.41) is 9.47. The van der Waals surface area contributed by atoms with E-state index >= 15 is 0 Å². The Morgan fingerprint density at radius 1 is 1.21 bits per heavy atom. The van der Waals surface area contributed by atoms with Gasteiger partial charge in [0.05, 0.1) is 0 Å². The number of hydrogen-bond acceptors (Lipinski definition) is 2. The molecular weight excluding hydrogens is 415 g/mol. The van der Waals surface area contributed by atoms with Gasteiger partial charge in [-0.2, -0.15) is 0 Å². The lowest BCUT2D eigenvalue weighted by Gasteiger charge is -2.13. The van der Waals surface area contributed by atoms with Gasteiger partial charge in [-0.05, 0) is 39.0 Å². The van der Waals surface area contributed by atoms with Gasteiger partial charge in [0.1, 0.15) is 0 Å². The predicted molar refractivity (Wildman–Crippen MR) is 113 cm³/mol. The van der Waals surface area contributed by atoms with E-state index in [-0.39, 0.29) is 35.9 Å². The summed E-state index contributed by atoms with van der Waals surface area (Å²) in [5.74, 6) is 1.86. The molecule has 3 N–H and O–H groups in total. The van der Waals surface area contributed by atoms with Crippen LogP contribution in [0.25, 0.3) is 0 Å². The molecule has 1 fully saturated rings. The maximum atomic E-state index is 11.7. The molecule has 0 heterocycles. The van der Waals surface area contributed by atoms with Gasteiger partial charge in [-0.15, -0.1) is 24.0 Å². The quantitative estimate of drug-likeness (QED) is 0.206. The van der Waals surface area contributed by atoms with Crippen LogP contribution in [0.1, 0.15) is 72.1 Å². The second-order valence-corrected chi connectivity index (χ2v) is 6.61. The van der Waals surface area contributed by atoms with E-state index in [1.54, 1.807) is 0 Å². The zero-order chi connectivity index (χ0) is 16.9. The number of hydrogen-bond donors (Lipinski definition) is 3. The van der Waals surface area contributed by atoms with Gasteiger partial charge in [-0.3, -0.25) is 9.79 Å². The lowest BCUT2D eigenvalue weighted by Crippen LogP contribution is -2.40. The summed E-state index contributed by atoms with van der Waals surface area (Å²) in [4.78, 5) is 16.4. The zero-order valence-corrected chi connectivity index (χ0v) is 18.0. The molecule has 0 radical (unpaired) electrons. The van der Waals surface area contributed by atoms with Gasteiger partial charge in [-0.1, -0.05) is 32.6 Å². The summed E-state index contributed by atoms with van der Waals surface area (Å²) < 4.78 is 0. The second-order valence-electron chi connectivity index (χ2n) is 6.61. The molecule has 0 aromatic rings. The number of nitrogens with one attached hydrogen (secondary N) is 3. The number of amides is 1. The van der Waals surface area contributed by atoms with Crippen LogP contribution < -0.4 is 16.0 Å². The third-order valence-corrected chi connectivity index (χ3v) is 4.52. The van der Waals surface area contributed by atoms with Crippen molar-refractivity contribution in [1.82, 2.24) is 16.0 Å². The Kier molecular flexibility index (Phi) is 14.5. The standard InChI is InChI=1S/C18H36N4O.HI/c1-4-15(3)22-17(23)12-14-21-18(19-5-2)20-13-8-11-16-9-6-7-10-16;/h15-16H,4-14H2,1-3H3,(H,22,23)(H2,19,20,21);1H. The third kappa shape index (κ3) is 11.1. The highest BCUT2D eigenvalue weighted by Crippen LogP contribution is 2.28. The minimum atomic E-state index is 0. The van der Waals surface area contributed by atoms with E-state index in [1.807, 2.05) is 6.92 Å². The van der Waals surface area contributed by atoms with Crippen LogP contribution in [-0.2, 0) is 4.79 Å². The van der Waals surface area contributed by atoms with Crippen LogP contribution in [-0.4, -0.2) is 37.5 Å². The first kappa shape index (κ1) is 23.5. The molecule has 142 valence electrons. The number of aliphatic imine (C=N–C) groups is 1. The van der Waals surface area contributed by atoms with Gasteiger partial charge in [0.25, 0.3) is 0 Å². The molecule has 1 rings (SSSR count). The van der Waals surface area contributed by atoms with E-state index in [2.05, 4.69) is 34.8 Å². The Hall–Kier alpha value is -0.530. The van der Waals surface area contributed by atoms with Gasteiger partial charge in [0, 0.05) is 32.1 Å². The molecule has 1 unspecified atom stereocenters. The van der Waals surface area contributed by atoms with Crippen molar-refractivity contribution in [1.29, 1.82) is 0 Å². The van der Waals surface area contributed by atoms with Crippen LogP contribution >= 0.6 is 24.0 Å². The highest BCUT2D eigenvalue weighted by Gasteiger charge is 2.13. The van der Waals surface area contributed by atoms with Gasteiger partial charge >= 0.3 is 0 Å². The fraction of sp³-hybridized carbons (Fsp3) is 0.889. The first-order valence-electron chi connectivity index (χ1n) is 9.47. The molecule has 1 aliphatic rings. The SMILES string of the molecule is CCNC(=NCCCC1CCCC1)NCCC(=O)NC(C)CC.I. The van der Waals surface area contributed by atoms with Crippen LogP contribution in [0, 0.1) is 5.92 Å². The third-order valence-electron chi connectivity index (χ3n) is 4.52. The molecular formula is C18H37IN4O.